The zero-order valence-corrected chi connectivity index (χ0v) is 12.0. The SMILES string of the molecule is CCc1c(C)nn(-c2ccc([C@H](O)CC)nc2)c1C. The third-order valence-electron chi connectivity index (χ3n) is 3.54. The van der Waals surface area contributed by atoms with Crippen LogP contribution in [0.2, 0.25) is 0 Å². The molecule has 0 fully saturated rings. The third kappa shape index (κ3) is 2.54. The highest BCUT2D eigenvalue weighted by Crippen LogP contribution is 2.19. The summed E-state index contributed by atoms with van der Waals surface area (Å²) in [5.74, 6) is 0. The minimum atomic E-state index is -0.485. The largest absolute Gasteiger partial charge is 0.387 e. The zero-order valence-electron chi connectivity index (χ0n) is 12.0. The molecular formula is C15H21N3O. The van der Waals surface area contributed by atoms with Crippen LogP contribution in [0.4, 0.5) is 0 Å². The molecule has 4 heteroatoms. The van der Waals surface area contributed by atoms with Crippen molar-refractivity contribution in [3.8, 4) is 5.69 Å². The predicted octanol–water partition coefficient (Wildman–Crippen LogP) is 2.89. The summed E-state index contributed by atoms with van der Waals surface area (Å²) in [7, 11) is 0. The Balaban J connectivity index is 2.37. The fourth-order valence-corrected chi connectivity index (χ4v) is 2.37. The van der Waals surface area contributed by atoms with E-state index < -0.39 is 6.10 Å². The Morgan fingerprint density at radius 3 is 2.47 bits per heavy atom. The maximum atomic E-state index is 9.75. The molecule has 0 amide bonds. The number of rotatable bonds is 4. The van der Waals surface area contributed by atoms with Gasteiger partial charge in [0.2, 0.25) is 0 Å². The second-order valence-electron chi connectivity index (χ2n) is 4.78. The molecule has 0 aliphatic rings. The molecule has 0 aromatic carbocycles. The van der Waals surface area contributed by atoms with E-state index in [-0.39, 0.29) is 0 Å². The Bertz CT molecular complexity index is 558. The van der Waals surface area contributed by atoms with Gasteiger partial charge < -0.3 is 5.11 Å². The van der Waals surface area contributed by atoms with Crippen molar-refractivity contribution in [2.24, 2.45) is 0 Å². The van der Waals surface area contributed by atoms with Gasteiger partial charge in [0.15, 0.2) is 0 Å². The molecule has 1 atom stereocenters. The van der Waals surface area contributed by atoms with Crippen molar-refractivity contribution in [1.82, 2.24) is 14.8 Å². The van der Waals surface area contributed by atoms with Gasteiger partial charge in [-0.25, -0.2) is 4.68 Å². The van der Waals surface area contributed by atoms with Crippen LogP contribution in [0.25, 0.3) is 5.69 Å². The molecule has 0 radical (unpaired) electrons. The highest BCUT2D eigenvalue weighted by atomic mass is 16.3. The van der Waals surface area contributed by atoms with Crippen LogP contribution in [0, 0.1) is 13.8 Å². The summed E-state index contributed by atoms with van der Waals surface area (Å²) in [4.78, 5) is 4.32. The summed E-state index contributed by atoms with van der Waals surface area (Å²) in [6.45, 7) is 8.19. The van der Waals surface area contributed by atoms with E-state index in [2.05, 4.69) is 23.9 Å². The van der Waals surface area contributed by atoms with E-state index in [1.807, 2.05) is 30.7 Å². The maximum Gasteiger partial charge on any atom is 0.0957 e. The van der Waals surface area contributed by atoms with E-state index in [1.54, 1.807) is 6.20 Å². The third-order valence-corrected chi connectivity index (χ3v) is 3.54. The first-order valence-corrected chi connectivity index (χ1v) is 6.77. The Labute approximate surface area is 114 Å². The number of nitrogens with zero attached hydrogens (tertiary/aromatic N) is 3. The zero-order chi connectivity index (χ0) is 14.0. The minimum absolute atomic E-state index is 0.485. The maximum absolute atomic E-state index is 9.75. The first-order chi connectivity index (χ1) is 9.08. The lowest BCUT2D eigenvalue weighted by Gasteiger charge is -2.09. The van der Waals surface area contributed by atoms with Crippen molar-refractivity contribution in [2.45, 2.75) is 46.6 Å². The molecule has 0 spiro atoms. The fraction of sp³-hybridized carbons (Fsp3) is 0.467. The van der Waals surface area contributed by atoms with Crippen LogP contribution in [0.5, 0.6) is 0 Å². The molecule has 0 aliphatic carbocycles. The van der Waals surface area contributed by atoms with Crippen LogP contribution in [-0.2, 0) is 6.42 Å². The lowest BCUT2D eigenvalue weighted by Crippen LogP contribution is -2.03. The van der Waals surface area contributed by atoms with Gasteiger partial charge in [-0.15, -0.1) is 0 Å². The van der Waals surface area contributed by atoms with E-state index in [1.165, 1.54) is 5.56 Å². The minimum Gasteiger partial charge on any atom is -0.387 e. The number of hydrogen-bond acceptors (Lipinski definition) is 3. The Hall–Kier alpha value is -1.68. The van der Waals surface area contributed by atoms with Crippen molar-refractivity contribution >= 4 is 0 Å². The van der Waals surface area contributed by atoms with Crippen LogP contribution in [0.1, 0.15) is 49.0 Å². The monoisotopic (exact) mass is 259 g/mol. The van der Waals surface area contributed by atoms with Crippen molar-refractivity contribution in [2.75, 3.05) is 0 Å². The number of aryl methyl sites for hydroxylation is 1. The van der Waals surface area contributed by atoms with Gasteiger partial charge in [0.25, 0.3) is 0 Å². The molecule has 0 aliphatic heterocycles. The van der Waals surface area contributed by atoms with Gasteiger partial charge in [0.1, 0.15) is 0 Å². The number of pyridine rings is 1. The second kappa shape index (κ2) is 5.53. The van der Waals surface area contributed by atoms with E-state index in [9.17, 15) is 5.11 Å². The average molecular weight is 259 g/mol. The Kier molecular flexibility index (Phi) is 4.00. The Morgan fingerprint density at radius 2 is 2.00 bits per heavy atom. The molecule has 1 N–H and O–H groups in total. The normalized spacial score (nSPS) is 12.7. The number of aliphatic hydroxyl groups excluding tert-OH is 1. The highest BCUT2D eigenvalue weighted by molar-refractivity contribution is 5.36. The molecule has 19 heavy (non-hydrogen) atoms. The van der Waals surface area contributed by atoms with Crippen LogP contribution in [0.15, 0.2) is 18.3 Å². The van der Waals surface area contributed by atoms with Crippen LogP contribution >= 0.6 is 0 Å². The smallest absolute Gasteiger partial charge is 0.0957 e. The molecule has 0 bridgehead atoms. The second-order valence-corrected chi connectivity index (χ2v) is 4.78. The summed E-state index contributed by atoms with van der Waals surface area (Å²) in [5, 5.41) is 14.3. The standard InChI is InChI=1S/C15H21N3O/c1-5-13-10(3)17-18(11(13)4)12-7-8-14(16-9-12)15(19)6-2/h7-9,15,19H,5-6H2,1-4H3/t15-/m1/s1. The van der Waals surface area contributed by atoms with E-state index in [4.69, 9.17) is 0 Å². The lowest BCUT2D eigenvalue weighted by atomic mass is 10.1. The van der Waals surface area contributed by atoms with E-state index in [0.29, 0.717) is 12.1 Å². The summed E-state index contributed by atoms with van der Waals surface area (Å²) in [6, 6.07) is 3.83. The molecule has 2 heterocycles. The van der Waals surface area contributed by atoms with E-state index >= 15 is 0 Å². The van der Waals surface area contributed by atoms with Crippen molar-refractivity contribution in [3.05, 3.63) is 41.0 Å². The summed E-state index contributed by atoms with van der Waals surface area (Å²) in [5.41, 5.74) is 5.16. The first-order valence-electron chi connectivity index (χ1n) is 6.77. The van der Waals surface area contributed by atoms with Crippen molar-refractivity contribution in [3.63, 3.8) is 0 Å². The first kappa shape index (κ1) is 13.7. The molecule has 2 aromatic rings. The topological polar surface area (TPSA) is 50.9 Å². The van der Waals surface area contributed by atoms with Gasteiger partial charge in [0.05, 0.1) is 29.4 Å². The predicted molar refractivity (Wildman–Crippen MR) is 75.5 cm³/mol. The van der Waals surface area contributed by atoms with Gasteiger partial charge in [-0.2, -0.15) is 5.10 Å². The van der Waals surface area contributed by atoms with Crippen LogP contribution in [0.3, 0.4) is 0 Å². The highest BCUT2D eigenvalue weighted by Gasteiger charge is 2.12. The van der Waals surface area contributed by atoms with Crippen LogP contribution < -0.4 is 0 Å². The summed E-state index contributed by atoms with van der Waals surface area (Å²) >= 11 is 0. The molecule has 0 unspecified atom stereocenters. The van der Waals surface area contributed by atoms with Gasteiger partial charge in [-0.3, -0.25) is 4.98 Å². The van der Waals surface area contributed by atoms with Gasteiger partial charge >= 0.3 is 0 Å². The lowest BCUT2D eigenvalue weighted by molar-refractivity contribution is 0.169. The van der Waals surface area contributed by atoms with Gasteiger partial charge in [-0.05, 0) is 44.4 Å². The molecule has 2 aromatic heterocycles. The van der Waals surface area contributed by atoms with Gasteiger partial charge in [-0.1, -0.05) is 13.8 Å². The molecule has 0 saturated heterocycles. The molecule has 0 saturated carbocycles. The number of aromatic nitrogens is 3. The number of aliphatic hydroxyl groups is 1. The van der Waals surface area contributed by atoms with Gasteiger partial charge in [0, 0.05) is 5.69 Å². The molecule has 4 nitrogen and oxygen atoms in total. The summed E-state index contributed by atoms with van der Waals surface area (Å²) in [6.07, 6.45) is 2.94. The average Bonchev–Trinajstić information content (AvgIpc) is 2.72. The molecule has 102 valence electrons. The van der Waals surface area contributed by atoms with Crippen LogP contribution in [-0.4, -0.2) is 19.9 Å². The van der Waals surface area contributed by atoms with Crippen molar-refractivity contribution in [1.29, 1.82) is 0 Å². The fourth-order valence-electron chi connectivity index (χ4n) is 2.37. The summed E-state index contributed by atoms with van der Waals surface area (Å²) < 4.78 is 1.92. The van der Waals surface area contributed by atoms with E-state index in [0.717, 1.165) is 23.5 Å². The number of hydrogen-bond donors (Lipinski definition) is 1. The quantitative estimate of drug-likeness (QED) is 0.918. The molecular weight excluding hydrogens is 238 g/mol. The molecule has 2 rings (SSSR count). The van der Waals surface area contributed by atoms with Crippen molar-refractivity contribution < 1.29 is 5.11 Å². The Morgan fingerprint density at radius 1 is 1.26 bits per heavy atom.